The molecule has 0 aromatic carbocycles. The van der Waals surface area contributed by atoms with Crippen molar-refractivity contribution < 1.29 is 9.59 Å². The third-order valence-electron chi connectivity index (χ3n) is 6.58. The number of aromatic nitrogens is 2. The number of fused-ring (bicyclic) bond motifs is 1. The van der Waals surface area contributed by atoms with E-state index in [2.05, 4.69) is 16.8 Å². The number of piperidine rings is 1. The van der Waals surface area contributed by atoms with Crippen LogP contribution in [0.4, 0.5) is 0 Å². The molecule has 3 aliphatic rings. The van der Waals surface area contributed by atoms with Crippen molar-refractivity contribution in [3.8, 4) is 0 Å². The molecule has 2 amide bonds. The van der Waals surface area contributed by atoms with Crippen LogP contribution in [0.3, 0.4) is 0 Å². The van der Waals surface area contributed by atoms with E-state index in [1.807, 2.05) is 16.0 Å². The van der Waals surface area contributed by atoms with E-state index in [1.165, 1.54) is 19.3 Å². The molecule has 0 radical (unpaired) electrons. The summed E-state index contributed by atoms with van der Waals surface area (Å²) in [6.07, 6.45) is 7.26. The zero-order chi connectivity index (χ0) is 19.7. The van der Waals surface area contributed by atoms with E-state index in [4.69, 9.17) is 4.98 Å². The van der Waals surface area contributed by atoms with Crippen LogP contribution < -0.4 is 0 Å². The van der Waals surface area contributed by atoms with E-state index >= 15 is 0 Å². The van der Waals surface area contributed by atoms with Gasteiger partial charge in [-0.25, -0.2) is 9.97 Å². The minimum absolute atomic E-state index is 0.0997. The minimum Gasteiger partial charge on any atom is -0.341 e. The molecule has 1 aromatic rings. The van der Waals surface area contributed by atoms with Crippen molar-refractivity contribution in [2.24, 2.45) is 0 Å². The highest BCUT2D eigenvalue weighted by Gasteiger charge is 2.32. The van der Waals surface area contributed by atoms with Crippen LogP contribution in [0.1, 0.15) is 62.5 Å². The Bertz CT molecular complexity index is 752. The maximum atomic E-state index is 12.8. The zero-order valence-corrected chi connectivity index (χ0v) is 17.1. The number of carbonyl (C=O) groups excluding carboxylic acids is 2. The molecular weight excluding hydrogens is 354 g/mol. The quantitative estimate of drug-likeness (QED) is 0.790. The van der Waals surface area contributed by atoms with Gasteiger partial charge in [0.25, 0.3) is 0 Å². The average molecular weight is 386 g/mol. The molecule has 0 saturated carbocycles. The van der Waals surface area contributed by atoms with Gasteiger partial charge in [-0.3, -0.25) is 14.5 Å². The largest absolute Gasteiger partial charge is 0.341 e. The van der Waals surface area contributed by atoms with Crippen molar-refractivity contribution in [3.63, 3.8) is 0 Å². The van der Waals surface area contributed by atoms with Gasteiger partial charge in [-0.15, -0.1) is 0 Å². The molecule has 0 aliphatic carbocycles. The molecule has 0 spiro atoms. The van der Waals surface area contributed by atoms with Crippen molar-refractivity contribution in [1.29, 1.82) is 0 Å². The lowest BCUT2D eigenvalue weighted by Crippen LogP contribution is -2.45. The lowest BCUT2D eigenvalue weighted by Gasteiger charge is -2.33. The molecule has 0 unspecified atom stereocenters. The van der Waals surface area contributed by atoms with Gasteiger partial charge in [-0.1, -0.05) is 6.42 Å². The van der Waals surface area contributed by atoms with E-state index in [1.54, 1.807) is 6.92 Å². The van der Waals surface area contributed by atoms with Gasteiger partial charge in [-0.05, 0) is 32.7 Å². The topological polar surface area (TPSA) is 69.6 Å². The molecule has 28 heavy (non-hydrogen) atoms. The van der Waals surface area contributed by atoms with Crippen LogP contribution in [0.2, 0.25) is 0 Å². The summed E-state index contributed by atoms with van der Waals surface area (Å²) >= 11 is 0. The maximum absolute atomic E-state index is 12.8. The molecule has 7 heteroatoms. The summed E-state index contributed by atoms with van der Waals surface area (Å²) in [5.74, 6) is 1.42. The van der Waals surface area contributed by atoms with Gasteiger partial charge < -0.3 is 9.80 Å². The molecule has 0 bridgehead atoms. The first kappa shape index (κ1) is 19.3. The second-order valence-electron chi connectivity index (χ2n) is 8.53. The Morgan fingerprint density at radius 1 is 1.14 bits per heavy atom. The van der Waals surface area contributed by atoms with Gasteiger partial charge in [0.05, 0.1) is 12.2 Å². The molecule has 2 fully saturated rings. The molecule has 2 saturated heterocycles. The van der Waals surface area contributed by atoms with Crippen molar-refractivity contribution in [3.05, 3.63) is 23.3 Å². The van der Waals surface area contributed by atoms with Crippen molar-refractivity contribution in [1.82, 2.24) is 24.7 Å². The standard InChI is InChI=1S/C21H31N5O2/c1-15-5-3-4-8-24(15)14-20(28)26-9-6-17(12-26)21-22-11-18-13-25(16(2)27)10-7-19(18)23-21/h11,15,17H,3-10,12-14H2,1-2H3/t15-,17+/m0/s1. The molecule has 4 heterocycles. The first-order chi connectivity index (χ1) is 13.5. The third-order valence-corrected chi connectivity index (χ3v) is 6.58. The summed E-state index contributed by atoms with van der Waals surface area (Å²) in [5.41, 5.74) is 2.12. The summed E-state index contributed by atoms with van der Waals surface area (Å²) in [6, 6.07) is 0.509. The summed E-state index contributed by atoms with van der Waals surface area (Å²) in [7, 11) is 0. The fourth-order valence-corrected chi connectivity index (χ4v) is 4.66. The fourth-order valence-electron chi connectivity index (χ4n) is 4.66. The Hall–Kier alpha value is -2.02. The van der Waals surface area contributed by atoms with Crippen molar-refractivity contribution >= 4 is 11.8 Å². The Labute approximate surface area is 167 Å². The van der Waals surface area contributed by atoms with Crippen LogP contribution >= 0.6 is 0 Å². The van der Waals surface area contributed by atoms with Crippen LogP contribution in [-0.2, 0) is 22.6 Å². The van der Waals surface area contributed by atoms with Gasteiger partial charge in [0.2, 0.25) is 11.8 Å². The Balaban J connectivity index is 1.36. The number of hydrogen-bond donors (Lipinski definition) is 0. The first-order valence-corrected chi connectivity index (χ1v) is 10.6. The van der Waals surface area contributed by atoms with Crippen LogP contribution in [0.5, 0.6) is 0 Å². The first-order valence-electron chi connectivity index (χ1n) is 10.6. The molecule has 0 N–H and O–H groups in total. The Morgan fingerprint density at radius 3 is 2.79 bits per heavy atom. The number of nitrogens with zero attached hydrogens (tertiary/aromatic N) is 5. The van der Waals surface area contributed by atoms with E-state index in [9.17, 15) is 9.59 Å². The summed E-state index contributed by atoms with van der Waals surface area (Å²) in [4.78, 5) is 39.9. The van der Waals surface area contributed by atoms with Gasteiger partial charge in [0.15, 0.2) is 0 Å². The summed E-state index contributed by atoms with van der Waals surface area (Å²) in [5, 5.41) is 0. The van der Waals surface area contributed by atoms with Crippen molar-refractivity contribution in [2.75, 3.05) is 32.7 Å². The lowest BCUT2D eigenvalue weighted by molar-refractivity contribution is -0.132. The highest BCUT2D eigenvalue weighted by Crippen LogP contribution is 2.27. The van der Waals surface area contributed by atoms with Gasteiger partial charge >= 0.3 is 0 Å². The summed E-state index contributed by atoms with van der Waals surface area (Å²) in [6.45, 7) is 8.26. The Morgan fingerprint density at radius 2 is 2.00 bits per heavy atom. The van der Waals surface area contributed by atoms with Crippen LogP contribution in [0.25, 0.3) is 0 Å². The molecular formula is C21H31N5O2. The fraction of sp³-hybridized carbons (Fsp3) is 0.714. The predicted molar refractivity (Wildman–Crippen MR) is 106 cm³/mol. The van der Waals surface area contributed by atoms with Crippen LogP contribution in [0.15, 0.2) is 6.20 Å². The molecule has 4 rings (SSSR count). The number of rotatable bonds is 3. The second-order valence-corrected chi connectivity index (χ2v) is 8.53. The molecule has 3 aliphatic heterocycles. The SMILES string of the molecule is CC(=O)N1CCc2nc([C@@H]3CCN(C(=O)CN4CCCC[C@@H]4C)C3)ncc2C1. The number of carbonyl (C=O) groups is 2. The number of hydrogen-bond acceptors (Lipinski definition) is 5. The van der Waals surface area contributed by atoms with E-state index in [0.29, 0.717) is 19.1 Å². The molecule has 7 nitrogen and oxygen atoms in total. The van der Waals surface area contributed by atoms with Crippen LogP contribution in [0, 0.1) is 0 Å². The highest BCUT2D eigenvalue weighted by atomic mass is 16.2. The van der Waals surface area contributed by atoms with E-state index in [0.717, 1.165) is 56.1 Å². The van der Waals surface area contributed by atoms with E-state index < -0.39 is 0 Å². The highest BCUT2D eigenvalue weighted by molar-refractivity contribution is 5.78. The predicted octanol–water partition coefficient (Wildman–Crippen LogP) is 1.57. The van der Waals surface area contributed by atoms with E-state index in [-0.39, 0.29) is 17.7 Å². The maximum Gasteiger partial charge on any atom is 0.236 e. The van der Waals surface area contributed by atoms with Gasteiger partial charge in [0.1, 0.15) is 5.82 Å². The summed E-state index contributed by atoms with van der Waals surface area (Å²) < 4.78 is 0. The minimum atomic E-state index is 0.0997. The number of amides is 2. The normalized spacial score (nSPS) is 25.6. The molecule has 1 aromatic heterocycles. The van der Waals surface area contributed by atoms with Crippen LogP contribution in [-0.4, -0.2) is 75.2 Å². The number of likely N-dealkylation sites (tertiary alicyclic amines) is 2. The monoisotopic (exact) mass is 385 g/mol. The second kappa shape index (κ2) is 8.15. The van der Waals surface area contributed by atoms with Gasteiger partial charge in [0, 0.05) is 63.2 Å². The molecule has 152 valence electrons. The Kier molecular flexibility index (Phi) is 5.62. The zero-order valence-electron chi connectivity index (χ0n) is 17.1. The smallest absolute Gasteiger partial charge is 0.236 e. The molecule has 2 atom stereocenters. The van der Waals surface area contributed by atoms with Gasteiger partial charge in [-0.2, -0.15) is 0 Å². The average Bonchev–Trinajstić information content (AvgIpc) is 3.19. The van der Waals surface area contributed by atoms with Crippen molar-refractivity contribution in [2.45, 2.75) is 64.5 Å². The lowest BCUT2D eigenvalue weighted by atomic mass is 10.0. The third kappa shape index (κ3) is 4.04.